The Morgan fingerprint density at radius 2 is 1.43 bits per heavy atom. The number of hydrogen-bond acceptors (Lipinski definition) is 7. The number of nitrogens with zero attached hydrogens (tertiary/aromatic N) is 2. The number of benzene rings is 4. The Hall–Kier alpha value is -5.73. The lowest BCUT2D eigenvalue weighted by Crippen LogP contribution is -2.26. The van der Waals surface area contributed by atoms with Crippen molar-refractivity contribution < 1.29 is 55.6 Å². The molecule has 0 atom stereocenters. The number of fused-ring (bicyclic) bond motifs is 1. The van der Waals surface area contributed by atoms with Crippen LogP contribution in [0.5, 0.6) is 17.2 Å². The number of aromatic hydroxyl groups is 1. The van der Waals surface area contributed by atoms with Gasteiger partial charge in [0.05, 0.1) is 16.9 Å². The van der Waals surface area contributed by atoms with Gasteiger partial charge in [0.2, 0.25) is 0 Å². The lowest BCUT2D eigenvalue weighted by molar-refractivity contribution is -0.275. The Kier molecular flexibility index (Phi) is 7.55. The Morgan fingerprint density at radius 1 is 0.795 bits per heavy atom. The molecular formula is C29H17F6N3O6. The molecule has 1 aliphatic heterocycles. The second kappa shape index (κ2) is 11.2. The Morgan fingerprint density at radius 3 is 2.09 bits per heavy atom. The third kappa shape index (κ3) is 6.35. The highest BCUT2D eigenvalue weighted by Gasteiger charge is 2.38. The van der Waals surface area contributed by atoms with E-state index in [0.717, 1.165) is 47.4 Å². The number of carboxylic acids is 1. The Labute approximate surface area is 243 Å². The van der Waals surface area contributed by atoms with Crippen LogP contribution in [0.4, 0.5) is 43.4 Å². The summed E-state index contributed by atoms with van der Waals surface area (Å²) in [5.74, 6) is -3.67. The molecule has 0 unspecified atom stereocenters. The summed E-state index contributed by atoms with van der Waals surface area (Å²) >= 11 is 0. The summed E-state index contributed by atoms with van der Waals surface area (Å²) in [6.45, 7) is 0. The quantitative estimate of drug-likeness (QED) is 0.116. The van der Waals surface area contributed by atoms with Gasteiger partial charge in [0.25, 0.3) is 5.91 Å². The van der Waals surface area contributed by atoms with E-state index >= 15 is 0 Å². The first-order valence-corrected chi connectivity index (χ1v) is 12.3. The van der Waals surface area contributed by atoms with Crippen LogP contribution < -0.4 is 19.8 Å². The molecule has 44 heavy (non-hydrogen) atoms. The number of ether oxygens (including phenoxy) is 2. The first-order chi connectivity index (χ1) is 20.7. The first-order valence-electron chi connectivity index (χ1n) is 12.3. The highest BCUT2D eigenvalue weighted by molar-refractivity contribution is 6.55. The minimum atomic E-state index is -5.05. The van der Waals surface area contributed by atoms with E-state index in [-0.39, 0.29) is 39.5 Å². The number of rotatable bonds is 7. The van der Waals surface area contributed by atoms with Crippen molar-refractivity contribution in [2.75, 3.05) is 10.3 Å². The molecule has 15 heteroatoms. The van der Waals surface area contributed by atoms with Gasteiger partial charge in [-0.2, -0.15) is 5.10 Å². The van der Waals surface area contributed by atoms with E-state index in [2.05, 4.69) is 20.0 Å². The number of aromatic carboxylic acids is 1. The fraction of sp³-hybridized carbons (Fsp3) is 0.0690. The molecule has 0 fully saturated rings. The number of carbonyl (C=O) groups excluding carboxylic acids is 1. The van der Waals surface area contributed by atoms with Crippen molar-refractivity contribution in [1.29, 1.82) is 0 Å². The molecule has 9 nitrogen and oxygen atoms in total. The predicted molar refractivity (Wildman–Crippen MR) is 144 cm³/mol. The van der Waals surface area contributed by atoms with Crippen LogP contribution in [0.15, 0.2) is 90.0 Å². The van der Waals surface area contributed by atoms with Crippen molar-refractivity contribution in [1.82, 2.24) is 0 Å². The summed E-state index contributed by atoms with van der Waals surface area (Å²) in [5.41, 5.74) is 2.54. The fourth-order valence-corrected chi connectivity index (χ4v) is 4.39. The number of phenols is 1. The van der Waals surface area contributed by atoms with Crippen LogP contribution in [0.1, 0.15) is 15.9 Å². The maximum Gasteiger partial charge on any atom is 0.573 e. The molecule has 226 valence electrons. The van der Waals surface area contributed by atoms with Gasteiger partial charge in [0.1, 0.15) is 17.2 Å². The predicted octanol–water partition coefficient (Wildman–Crippen LogP) is 7.05. The normalized spacial score (nSPS) is 14.0. The smallest absolute Gasteiger partial charge is 0.505 e. The van der Waals surface area contributed by atoms with Crippen molar-refractivity contribution in [2.45, 2.75) is 12.7 Å². The zero-order valence-corrected chi connectivity index (χ0v) is 21.8. The maximum absolute atomic E-state index is 13.5. The molecule has 1 aliphatic rings. The van der Waals surface area contributed by atoms with Gasteiger partial charge in [-0.25, -0.2) is 4.79 Å². The van der Waals surface area contributed by atoms with Crippen LogP contribution in [0.2, 0.25) is 0 Å². The number of amides is 1. The van der Waals surface area contributed by atoms with Gasteiger partial charge >= 0.3 is 18.7 Å². The number of phenolic OH excluding ortho intramolecular Hbond substituents is 1. The summed E-state index contributed by atoms with van der Waals surface area (Å²) < 4.78 is 84.4. The highest BCUT2D eigenvalue weighted by Crippen LogP contribution is 2.40. The number of carbonyl (C=O) groups is 2. The minimum Gasteiger partial charge on any atom is -0.505 e. The van der Waals surface area contributed by atoms with Crippen molar-refractivity contribution in [3.8, 4) is 28.4 Å². The maximum atomic E-state index is 13.5. The number of halogens is 6. The van der Waals surface area contributed by atoms with E-state index in [1.165, 1.54) is 36.4 Å². The number of alkyl halides is 6. The van der Waals surface area contributed by atoms with Crippen LogP contribution in [-0.2, 0) is 4.79 Å². The van der Waals surface area contributed by atoms with Gasteiger partial charge in [0.15, 0.2) is 5.71 Å². The van der Waals surface area contributed by atoms with Crippen molar-refractivity contribution >= 4 is 34.7 Å². The van der Waals surface area contributed by atoms with Gasteiger partial charge in [-0.15, -0.1) is 26.3 Å². The van der Waals surface area contributed by atoms with Crippen molar-refractivity contribution in [2.24, 2.45) is 5.10 Å². The molecule has 4 aromatic carbocycles. The standard InChI is InChI=1S/C29H17F6N3O6/c30-28(31,32)43-18-9-7-17(8-10-18)38-23-12-11-19(44-29(33,34)35)14-21(23)24(26(38)40)37-36-22-6-2-5-20(25(22)39)15-3-1-4-16(13-15)27(41)42/h1-14,36,39H,(H,41,42)/b37-24-. The van der Waals surface area contributed by atoms with E-state index in [1.807, 2.05) is 0 Å². The van der Waals surface area contributed by atoms with Crippen molar-refractivity contribution in [3.63, 3.8) is 0 Å². The van der Waals surface area contributed by atoms with Gasteiger partial charge in [-0.05, 0) is 66.2 Å². The molecule has 0 spiro atoms. The summed E-state index contributed by atoms with van der Waals surface area (Å²) in [4.78, 5) is 25.9. The monoisotopic (exact) mass is 617 g/mol. The number of hydrazone groups is 1. The molecule has 1 amide bonds. The van der Waals surface area contributed by atoms with E-state index in [9.17, 15) is 46.1 Å². The van der Waals surface area contributed by atoms with Gasteiger partial charge < -0.3 is 19.7 Å². The highest BCUT2D eigenvalue weighted by atomic mass is 19.4. The fourth-order valence-electron chi connectivity index (χ4n) is 4.39. The zero-order chi connectivity index (χ0) is 31.8. The third-order valence-electron chi connectivity index (χ3n) is 6.18. The van der Waals surface area contributed by atoms with Crippen LogP contribution in [0.25, 0.3) is 11.1 Å². The lowest BCUT2D eigenvalue weighted by Gasteiger charge is -2.18. The Bertz CT molecular complexity index is 1790. The van der Waals surface area contributed by atoms with E-state index in [1.54, 1.807) is 6.07 Å². The van der Waals surface area contributed by atoms with Crippen LogP contribution >= 0.6 is 0 Å². The van der Waals surface area contributed by atoms with E-state index in [4.69, 9.17) is 0 Å². The summed E-state index contributed by atoms with van der Waals surface area (Å²) in [6, 6.07) is 17.3. The SMILES string of the molecule is O=C(O)c1cccc(-c2cccc(N/N=C3\C(=O)N(c4ccc(OC(F)(F)F)cc4)c4ccc(OC(F)(F)F)cc43)c2O)c1. The van der Waals surface area contributed by atoms with Gasteiger partial charge in [0, 0.05) is 16.8 Å². The zero-order valence-electron chi connectivity index (χ0n) is 21.8. The largest absolute Gasteiger partial charge is 0.573 e. The number of nitrogens with one attached hydrogen (secondary N) is 1. The lowest BCUT2D eigenvalue weighted by atomic mass is 10.0. The number of hydrogen-bond donors (Lipinski definition) is 3. The molecule has 1 heterocycles. The number of para-hydroxylation sites is 1. The molecule has 0 saturated heterocycles. The molecule has 0 aromatic heterocycles. The number of carboxylic acid groups (broad SMARTS) is 1. The molecule has 0 radical (unpaired) electrons. The summed E-state index contributed by atoms with van der Waals surface area (Å²) in [7, 11) is 0. The molecule has 0 saturated carbocycles. The van der Waals surface area contributed by atoms with E-state index < -0.39 is 41.8 Å². The molecule has 4 aromatic rings. The number of anilines is 3. The molecule has 0 bridgehead atoms. The molecule has 3 N–H and O–H groups in total. The molecular weight excluding hydrogens is 600 g/mol. The van der Waals surface area contributed by atoms with Crippen LogP contribution in [0.3, 0.4) is 0 Å². The van der Waals surface area contributed by atoms with Gasteiger partial charge in [-0.1, -0.05) is 24.3 Å². The second-order valence-electron chi connectivity index (χ2n) is 9.07. The Balaban J connectivity index is 1.52. The van der Waals surface area contributed by atoms with E-state index in [0.29, 0.717) is 5.56 Å². The third-order valence-corrected chi connectivity index (χ3v) is 6.18. The first kappa shape index (κ1) is 29.8. The minimum absolute atomic E-state index is 0.0383. The molecule has 0 aliphatic carbocycles. The summed E-state index contributed by atoms with van der Waals surface area (Å²) in [5, 5.41) is 24.2. The van der Waals surface area contributed by atoms with Crippen LogP contribution in [0, 0.1) is 0 Å². The molecule has 5 rings (SSSR count). The average molecular weight is 617 g/mol. The van der Waals surface area contributed by atoms with Gasteiger partial charge in [-0.3, -0.25) is 15.1 Å². The topological polar surface area (TPSA) is 121 Å². The summed E-state index contributed by atoms with van der Waals surface area (Å²) in [6.07, 6.45) is -10.0. The second-order valence-corrected chi connectivity index (χ2v) is 9.07. The van der Waals surface area contributed by atoms with Crippen LogP contribution in [-0.4, -0.2) is 40.5 Å². The average Bonchev–Trinajstić information content (AvgIpc) is 3.21. The van der Waals surface area contributed by atoms with Crippen molar-refractivity contribution in [3.05, 3.63) is 96.1 Å².